The number of hydrogen-bond acceptors (Lipinski definition) is 0. The molecule has 0 heterocycles. The summed E-state index contributed by atoms with van der Waals surface area (Å²) >= 11 is 27.0. The zero-order valence-electron chi connectivity index (χ0n) is 7.49. The molecule has 0 saturated carbocycles. The van der Waals surface area contributed by atoms with Crippen molar-refractivity contribution in [3.05, 3.63) is 0 Å². The van der Waals surface area contributed by atoms with Gasteiger partial charge in [0.25, 0.3) is 0 Å². The van der Waals surface area contributed by atoms with Crippen LogP contribution >= 0.6 is 0 Å². The number of hydrogen-bond donors (Lipinski definition) is 0. The molecule has 0 aromatic rings. The topological polar surface area (TPSA) is 0 Å². The van der Waals surface area contributed by atoms with Crippen molar-refractivity contribution in [1.82, 2.24) is 0 Å². The van der Waals surface area contributed by atoms with Crippen molar-refractivity contribution < 1.29 is 58.4 Å². The zero-order valence-corrected chi connectivity index (χ0v) is 38.9. The first kappa shape index (κ1) is 56.6. The van der Waals surface area contributed by atoms with Gasteiger partial charge in [-0.2, -0.15) is 0 Å². The van der Waals surface area contributed by atoms with E-state index in [4.69, 9.17) is 0 Å². The maximum atomic E-state index is 2.25. The molecule has 0 aliphatic rings. The maximum Gasteiger partial charge on any atom is 0 e. The standard InChI is InChI=1S/6As2.3Zn/c6*1-2;;;. The first-order chi connectivity index (χ1) is 6.00. The Balaban J connectivity index is -0.00000000396. The molecule has 0 fully saturated rings. The fourth-order valence-electron chi connectivity index (χ4n) is 0. The Kier molecular flexibility index (Phi) is 539. The van der Waals surface area contributed by atoms with Gasteiger partial charge in [-0.25, -0.2) is 0 Å². The van der Waals surface area contributed by atoms with Crippen LogP contribution in [0.4, 0.5) is 0 Å². The van der Waals surface area contributed by atoms with E-state index in [1.807, 2.05) is 0 Å². The van der Waals surface area contributed by atoms with Crippen LogP contribution in [0.1, 0.15) is 0 Å². The van der Waals surface area contributed by atoms with Gasteiger partial charge >= 0.3 is 171 Å². The Morgan fingerprint density at radius 3 is 0.200 bits per heavy atom. The maximum absolute atomic E-state index is 2.25. The van der Waals surface area contributed by atoms with Gasteiger partial charge in [-0.3, -0.25) is 0 Å². The van der Waals surface area contributed by atoms with Gasteiger partial charge in [0, 0.05) is 58.4 Å². The summed E-state index contributed by atoms with van der Waals surface area (Å²) in [7, 11) is 0. The molecule has 0 aromatic heterocycles. The average molecular weight is 1100 g/mol. The van der Waals surface area contributed by atoms with Crippen molar-refractivity contribution in [2.75, 3.05) is 0 Å². The SMILES string of the molecule is [As]=[As].[As]=[As].[As]=[As].[As]=[As].[As]=[As].[As]=[As].[Zn].[Zn].[Zn]. The van der Waals surface area contributed by atoms with Gasteiger partial charge < -0.3 is 0 Å². The molecule has 12 radical (unpaired) electrons. The smallest absolute Gasteiger partial charge is 0 e. The van der Waals surface area contributed by atoms with E-state index in [0.29, 0.717) is 0 Å². The van der Waals surface area contributed by atoms with Gasteiger partial charge in [0.15, 0.2) is 0 Å². The molecule has 66 valence electrons. The Morgan fingerprint density at radius 1 is 0.200 bits per heavy atom. The Bertz CT molecular complexity index is 26.3. The van der Waals surface area contributed by atoms with E-state index in [0.717, 1.165) is 0 Å². The normalized spacial score (nSPS) is 1.60. The molecule has 15 heavy (non-hydrogen) atoms. The first-order valence-corrected chi connectivity index (χ1v) is 32.4. The summed E-state index contributed by atoms with van der Waals surface area (Å²) in [5.41, 5.74) is 0. The zero-order chi connectivity index (χ0) is 12.0. The van der Waals surface area contributed by atoms with Crippen molar-refractivity contribution >= 4 is 171 Å². The third-order valence-corrected chi connectivity index (χ3v) is 0. The minimum Gasteiger partial charge on any atom is 0 e. The molecule has 0 N–H and O–H groups in total. The number of rotatable bonds is 0. The molecule has 0 aliphatic heterocycles. The van der Waals surface area contributed by atoms with E-state index in [1.165, 1.54) is 0 Å². The van der Waals surface area contributed by atoms with E-state index in [9.17, 15) is 0 Å². The second-order valence-corrected chi connectivity index (χ2v) is 0. The van der Waals surface area contributed by atoms with Crippen molar-refractivity contribution in [1.29, 1.82) is 0 Å². The fourth-order valence-corrected chi connectivity index (χ4v) is 0. The first-order valence-electron chi connectivity index (χ1n) is 1.20. The van der Waals surface area contributed by atoms with Crippen LogP contribution in [-0.4, -0.2) is 171 Å². The minimum absolute atomic E-state index is 0. The van der Waals surface area contributed by atoms with Gasteiger partial charge in [-0.05, 0) is 0 Å². The summed E-state index contributed by atoms with van der Waals surface area (Å²) in [6, 6.07) is 0. The molecule has 0 bridgehead atoms. The van der Waals surface area contributed by atoms with Crippen LogP contribution in [0.25, 0.3) is 0 Å². The second-order valence-electron chi connectivity index (χ2n) is 0. The Labute approximate surface area is 223 Å². The van der Waals surface area contributed by atoms with Crippen molar-refractivity contribution in [2.45, 2.75) is 0 Å². The fraction of sp³-hybridized carbons (Fsp3) is 0. The summed E-state index contributed by atoms with van der Waals surface area (Å²) in [5.74, 6) is 0. The van der Waals surface area contributed by atoms with Crippen LogP contribution in [-0.2, 0) is 58.4 Å². The summed E-state index contributed by atoms with van der Waals surface area (Å²) in [6.07, 6.45) is 0. The minimum atomic E-state index is 0. The summed E-state index contributed by atoms with van der Waals surface area (Å²) < 4.78 is 0. The van der Waals surface area contributed by atoms with Crippen LogP contribution < -0.4 is 0 Å². The molecule has 0 rings (SSSR count). The predicted molar refractivity (Wildman–Crippen MR) is 69.0 cm³/mol. The van der Waals surface area contributed by atoms with Crippen LogP contribution in [0.5, 0.6) is 0 Å². The van der Waals surface area contributed by atoms with Crippen LogP contribution in [0.15, 0.2) is 0 Å². The Morgan fingerprint density at radius 2 is 0.200 bits per heavy atom. The molecule has 15 heteroatoms. The van der Waals surface area contributed by atoms with Crippen molar-refractivity contribution in [3.8, 4) is 0 Å². The third-order valence-electron chi connectivity index (χ3n) is 0. The van der Waals surface area contributed by atoms with Gasteiger partial charge in [-0.15, -0.1) is 0 Å². The monoisotopic (exact) mass is 1090 g/mol. The largest absolute Gasteiger partial charge is 0 e. The van der Waals surface area contributed by atoms with Crippen LogP contribution in [0, 0.1) is 0 Å². The van der Waals surface area contributed by atoms with E-state index >= 15 is 0 Å². The molecule has 0 unspecified atom stereocenters. The van der Waals surface area contributed by atoms with Crippen molar-refractivity contribution in [2.24, 2.45) is 0 Å². The summed E-state index contributed by atoms with van der Waals surface area (Å²) in [5, 5.41) is 0. The Hall–Kier alpha value is 8.57. The molecule has 0 saturated heterocycles. The van der Waals surface area contributed by atoms with E-state index < -0.39 is 0 Å². The molecule has 0 aliphatic carbocycles. The molecule has 0 nitrogen and oxygen atoms in total. The van der Waals surface area contributed by atoms with E-state index in [2.05, 4.69) is 171 Å². The predicted octanol–water partition coefficient (Wildman–Crippen LogP) is -4.58. The molecule has 0 spiro atoms. The van der Waals surface area contributed by atoms with E-state index in [-0.39, 0.29) is 58.4 Å². The van der Waals surface area contributed by atoms with Crippen molar-refractivity contribution in [3.63, 3.8) is 0 Å². The van der Waals surface area contributed by atoms with E-state index in [1.54, 1.807) is 0 Å². The summed E-state index contributed by atoms with van der Waals surface area (Å²) in [4.78, 5) is 0. The molecule has 0 amide bonds. The third kappa shape index (κ3) is 130. The van der Waals surface area contributed by atoms with Gasteiger partial charge in [0.1, 0.15) is 0 Å². The average Bonchev–Trinajstić information content (AvgIpc) is 2.33. The quantitative estimate of drug-likeness (QED) is 0.215. The van der Waals surface area contributed by atoms with Gasteiger partial charge in [0.05, 0.1) is 0 Å². The van der Waals surface area contributed by atoms with Gasteiger partial charge in [0.2, 0.25) is 0 Å². The molecule has 0 aromatic carbocycles. The van der Waals surface area contributed by atoms with Gasteiger partial charge in [-0.1, -0.05) is 0 Å². The molecular weight excluding hydrogens is 1100 g/mol. The van der Waals surface area contributed by atoms with Crippen LogP contribution in [0.3, 0.4) is 0 Å². The summed E-state index contributed by atoms with van der Waals surface area (Å²) in [6.45, 7) is 0. The molecular formula is As12Zn3. The second kappa shape index (κ2) is 143. The molecule has 0 atom stereocenters. The van der Waals surface area contributed by atoms with Crippen LogP contribution in [0.2, 0.25) is 0 Å².